The second kappa shape index (κ2) is 11.5. The van der Waals surface area contributed by atoms with E-state index in [0.29, 0.717) is 15.5 Å². The molecule has 0 spiro atoms. The van der Waals surface area contributed by atoms with E-state index in [-0.39, 0.29) is 49.8 Å². The molecule has 0 saturated heterocycles. The lowest BCUT2D eigenvalue weighted by Gasteiger charge is -2.35. The van der Waals surface area contributed by atoms with Crippen molar-refractivity contribution in [2.24, 2.45) is 5.41 Å². The summed E-state index contributed by atoms with van der Waals surface area (Å²) >= 11 is 1.22. The number of nitrogens with zero attached hydrogens (tertiary/aromatic N) is 2. The van der Waals surface area contributed by atoms with Crippen molar-refractivity contribution in [1.82, 2.24) is 4.31 Å². The van der Waals surface area contributed by atoms with Gasteiger partial charge >= 0.3 is 5.97 Å². The number of hydrogen-bond acceptors (Lipinski definition) is 5. The molecule has 2 aliphatic rings. The van der Waals surface area contributed by atoms with Crippen LogP contribution in [0.1, 0.15) is 46.5 Å². The Hall–Kier alpha value is -2.31. The summed E-state index contributed by atoms with van der Waals surface area (Å²) in [5.41, 5.74) is 0.0810. The van der Waals surface area contributed by atoms with Gasteiger partial charge in [0.25, 0.3) is 0 Å². The van der Waals surface area contributed by atoms with Gasteiger partial charge in [0.15, 0.2) is 0 Å². The molecule has 2 unspecified atom stereocenters. The second-order valence-electron chi connectivity index (χ2n) is 11.3. The van der Waals surface area contributed by atoms with Crippen LogP contribution >= 0.6 is 11.8 Å². The number of thioether (sulfide) groups is 1. The molecular formula is C28H34F4N2O4S2. The van der Waals surface area contributed by atoms with Gasteiger partial charge in [-0.3, -0.25) is 4.79 Å². The summed E-state index contributed by atoms with van der Waals surface area (Å²) in [4.78, 5) is 14.5. The lowest BCUT2D eigenvalue weighted by Crippen LogP contribution is -2.39. The van der Waals surface area contributed by atoms with E-state index >= 15 is 0 Å². The topological polar surface area (TPSA) is 70.1 Å². The van der Waals surface area contributed by atoms with E-state index in [1.165, 1.54) is 25.6 Å². The number of carboxylic acids is 1. The number of anilines is 2. The third-order valence-corrected chi connectivity index (χ3v) is 9.94. The molecule has 0 radical (unpaired) electrons. The minimum atomic E-state index is -2.88. The zero-order chi connectivity index (χ0) is 29.5. The molecule has 1 heterocycles. The van der Waals surface area contributed by atoms with Crippen LogP contribution < -0.4 is 9.64 Å². The molecule has 1 saturated carbocycles. The maximum atomic E-state index is 13.9. The molecule has 1 N–H and O–H groups in total. The van der Waals surface area contributed by atoms with Gasteiger partial charge < -0.3 is 14.7 Å². The minimum absolute atomic E-state index is 0.0952. The summed E-state index contributed by atoms with van der Waals surface area (Å²) in [5.74, 6) is -6.43. The summed E-state index contributed by atoms with van der Waals surface area (Å²) in [6.45, 7) is 3.95. The lowest BCUT2D eigenvalue weighted by molar-refractivity contribution is -0.148. The second-order valence-corrected chi connectivity index (χ2v) is 14.1. The number of rotatable bonds is 10. The van der Waals surface area contributed by atoms with Gasteiger partial charge in [-0.1, -0.05) is 18.2 Å². The number of carbonyl (C=O) groups is 1. The van der Waals surface area contributed by atoms with E-state index in [0.717, 1.165) is 12.6 Å². The molecule has 220 valence electrons. The Morgan fingerprint density at radius 2 is 1.82 bits per heavy atom. The van der Waals surface area contributed by atoms with E-state index < -0.39 is 40.3 Å². The van der Waals surface area contributed by atoms with Crippen molar-refractivity contribution in [3.63, 3.8) is 0 Å². The molecule has 4 rings (SSSR count). The van der Waals surface area contributed by atoms with Crippen molar-refractivity contribution in [3.05, 3.63) is 42.5 Å². The van der Waals surface area contributed by atoms with Gasteiger partial charge in [0.05, 0.1) is 20.9 Å². The predicted molar refractivity (Wildman–Crippen MR) is 148 cm³/mol. The fourth-order valence-electron chi connectivity index (χ4n) is 4.54. The molecule has 1 aliphatic carbocycles. The van der Waals surface area contributed by atoms with Crippen LogP contribution in [-0.4, -0.2) is 62.9 Å². The van der Waals surface area contributed by atoms with Crippen molar-refractivity contribution >= 4 is 40.1 Å². The summed E-state index contributed by atoms with van der Waals surface area (Å²) in [5, 5.41) is 9.19. The van der Waals surface area contributed by atoms with Crippen LogP contribution in [0.5, 0.6) is 5.75 Å². The number of aliphatic carboxylic acids is 1. The van der Waals surface area contributed by atoms with Crippen molar-refractivity contribution in [1.29, 1.82) is 0 Å². The molecule has 2 atom stereocenters. The molecule has 1 aliphatic heterocycles. The van der Waals surface area contributed by atoms with Gasteiger partial charge in [-0.25, -0.2) is 26.1 Å². The van der Waals surface area contributed by atoms with E-state index in [1.54, 1.807) is 23.5 Å². The summed E-state index contributed by atoms with van der Waals surface area (Å²) in [7, 11) is -0.149. The average molecular weight is 603 g/mol. The normalized spacial score (nSPS) is 21.9. The molecule has 40 heavy (non-hydrogen) atoms. The summed E-state index contributed by atoms with van der Waals surface area (Å²) in [6.07, 6.45) is -0.871. The fraction of sp³-hybridized carbons (Fsp3) is 0.536. The molecule has 1 fully saturated rings. The Morgan fingerprint density at radius 1 is 1.18 bits per heavy atom. The number of para-hydroxylation sites is 1. The van der Waals surface area contributed by atoms with Crippen LogP contribution in [0.3, 0.4) is 0 Å². The van der Waals surface area contributed by atoms with E-state index in [4.69, 9.17) is 4.74 Å². The maximum absolute atomic E-state index is 13.9. The van der Waals surface area contributed by atoms with Crippen LogP contribution in [0.4, 0.5) is 28.9 Å². The zero-order valence-corrected chi connectivity index (χ0v) is 24.5. The van der Waals surface area contributed by atoms with Crippen LogP contribution in [0.15, 0.2) is 52.3 Å². The van der Waals surface area contributed by atoms with E-state index in [1.807, 2.05) is 35.2 Å². The molecule has 6 nitrogen and oxygen atoms in total. The highest BCUT2D eigenvalue weighted by molar-refractivity contribution is 8.00. The first kappa shape index (κ1) is 30.6. The van der Waals surface area contributed by atoms with Crippen molar-refractivity contribution < 1.29 is 36.4 Å². The van der Waals surface area contributed by atoms with E-state index in [2.05, 4.69) is 0 Å². The number of hydrogen-bond donors (Lipinski definition) is 1. The quantitative estimate of drug-likeness (QED) is 0.296. The van der Waals surface area contributed by atoms with Crippen LogP contribution in [0, 0.1) is 5.41 Å². The third-order valence-electron chi connectivity index (χ3n) is 7.17. The first-order valence-corrected chi connectivity index (χ1v) is 15.0. The van der Waals surface area contributed by atoms with E-state index in [9.17, 15) is 31.7 Å². The Kier molecular flexibility index (Phi) is 8.83. The Labute approximate surface area is 238 Å². The lowest BCUT2D eigenvalue weighted by atomic mass is 9.94. The highest BCUT2D eigenvalue weighted by Crippen LogP contribution is 2.50. The van der Waals surface area contributed by atoms with Crippen molar-refractivity contribution in [3.8, 4) is 5.75 Å². The van der Waals surface area contributed by atoms with Gasteiger partial charge in [-0.2, -0.15) is 0 Å². The van der Waals surface area contributed by atoms with Crippen LogP contribution in [0.2, 0.25) is 0 Å². The van der Waals surface area contributed by atoms with Gasteiger partial charge in [0, 0.05) is 55.9 Å². The molecule has 2 aromatic rings. The molecule has 12 heteroatoms. The summed E-state index contributed by atoms with van der Waals surface area (Å²) in [6, 6.07) is 12.1. The molecular weight excluding hydrogens is 568 g/mol. The standard InChI is InChI=1S/C28H34F4N2O4S2/c1-26(2,25(35)36)17-38-22-13-24-21(12-23(22)39-20-14-28(31,32)15-20)34(18-8-6-5-7-9-18)16-19(33(4)40(24)37)10-11-27(3,29)30/h5-9,12-13,19-20H,10-11,14-17H2,1-4H3,(H,35,36). The number of alkyl halides is 4. The van der Waals surface area contributed by atoms with Crippen LogP contribution in [-0.2, 0) is 15.8 Å². The number of benzene rings is 2. The molecule has 0 bridgehead atoms. The molecule has 2 aromatic carbocycles. The number of halogens is 4. The smallest absolute Gasteiger partial charge is 0.312 e. The SMILES string of the molecule is CN1C(CCC(C)(F)F)CN(c2ccccc2)c2cc(SC3CC(F)(F)C3)c(OCC(C)(C)C(=O)O)cc2S1=O. The van der Waals surface area contributed by atoms with Crippen LogP contribution in [0.25, 0.3) is 0 Å². The number of fused-ring (bicyclic) bond motifs is 1. The number of likely N-dealkylation sites (N-methyl/N-ethyl adjacent to an activating group) is 1. The highest BCUT2D eigenvalue weighted by atomic mass is 32.2. The third kappa shape index (κ3) is 7.12. The van der Waals surface area contributed by atoms with Gasteiger partial charge in [-0.15, -0.1) is 11.8 Å². The Morgan fingerprint density at radius 3 is 2.40 bits per heavy atom. The number of ether oxygens (including phenoxy) is 1. The molecule has 0 aromatic heterocycles. The van der Waals surface area contributed by atoms with Gasteiger partial charge in [0.1, 0.15) is 23.3 Å². The molecule has 0 amide bonds. The number of carboxylic acid groups (broad SMARTS) is 1. The zero-order valence-electron chi connectivity index (χ0n) is 22.8. The Balaban J connectivity index is 1.79. The van der Waals surface area contributed by atoms with Crippen molar-refractivity contribution in [2.45, 2.75) is 79.4 Å². The Bertz CT molecular complexity index is 1250. The average Bonchev–Trinajstić information content (AvgIpc) is 2.95. The van der Waals surface area contributed by atoms with Gasteiger partial charge in [-0.05, 0) is 45.4 Å². The first-order valence-electron chi connectivity index (χ1n) is 13.0. The summed E-state index contributed by atoms with van der Waals surface area (Å²) < 4.78 is 76.4. The maximum Gasteiger partial charge on any atom is 0.312 e. The monoisotopic (exact) mass is 602 g/mol. The highest BCUT2D eigenvalue weighted by Gasteiger charge is 2.46. The predicted octanol–water partition coefficient (Wildman–Crippen LogP) is 6.98. The first-order chi connectivity index (χ1) is 18.6. The fourth-order valence-corrected chi connectivity index (χ4v) is 7.27. The minimum Gasteiger partial charge on any atom is -0.491 e. The largest absolute Gasteiger partial charge is 0.491 e. The van der Waals surface area contributed by atoms with Gasteiger partial charge in [0.2, 0.25) is 11.8 Å². The van der Waals surface area contributed by atoms with Crippen molar-refractivity contribution in [2.75, 3.05) is 25.1 Å².